The first kappa shape index (κ1) is 5.69. The Balaban J connectivity index is 3.03. The van der Waals surface area contributed by atoms with E-state index in [2.05, 4.69) is 16.8 Å². The molecule has 0 bridgehead atoms. The quantitative estimate of drug-likeness (QED) is 0.233. The van der Waals surface area contributed by atoms with Gasteiger partial charge in [-0.15, -0.1) is 0 Å². The van der Waals surface area contributed by atoms with Gasteiger partial charge in [0.25, 0.3) is 0 Å². The lowest BCUT2D eigenvalue weighted by Crippen LogP contribution is -1.86. The van der Waals surface area contributed by atoms with Gasteiger partial charge in [-0.2, -0.15) is 0 Å². The number of hydrogen-bond acceptors (Lipinski definition) is 2. The molecule has 0 aromatic heterocycles. The van der Waals surface area contributed by atoms with Crippen LogP contribution in [-0.2, 0) is 0 Å². The SMILES string of the molecule is ON=CC(F)Cl. The number of oxime groups is 1. The van der Waals surface area contributed by atoms with E-state index in [0.717, 1.165) is 0 Å². The third kappa shape index (κ3) is 3.69. The summed E-state index contributed by atoms with van der Waals surface area (Å²) in [6.45, 7) is 0. The molecule has 0 aromatic carbocycles. The summed E-state index contributed by atoms with van der Waals surface area (Å²) >= 11 is 4.60. The van der Waals surface area contributed by atoms with Crippen molar-refractivity contribution in [2.45, 2.75) is 5.63 Å². The zero-order valence-corrected chi connectivity index (χ0v) is 3.56. The Morgan fingerprint density at radius 2 is 2.50 bits per heavy atom. The van der Waals surface area contributed by atoms with E-state index in [9.17, 15) is 4.39 Å². The molecule has 36 valence electrons. The van der Waals surface area contributed by atoms with Gasteiger partial charge in [0.2, 0.25) is 5.63 Å². The van der Waals surface area contributed by atoms with Crippen molar-refractivity contribution in [2.75, 3.05) is 0 Å². The third-order valence-electron chi connectivity index (χ3n) is 0.179. The van der Waals surface area contributed by atoms with Crippen molar-refractivity contribution in [2.24, 2.45) is 5.16 Å². The first-order valence-corrected chi connectivity index (χ1v) is 1.66. The third-order valence-corrected chi connectivity index (χ3v) is 0.292. The molecule has 0 aliphatic rings. The highest BCUT2D eigenvalue weighted by molar-refractivity contribution is 6.26. The highest BCUT2D eigenvalue weighted by Gasteiger charge is 1.88. The lowest BCUT2D eigenvalue weighted by Gasteiger charge is -1.77. The van der Waals surface area contributed by atoms with Crippen LogP contribution in [0.5, 0.6) is 0 Å². The van der Waals surface area contributed by atoms with Crippen molar-refractivity contribution in [1.82, 2.24) is 0 Å². The summed E-state index contributed by atoms with van der Waals surface area (Å²) in [7, 11) is 0. The van der Waals surface area contributed by atoms with E-state index in [1.807, 2.05) is 0 Å². The lowest BCUT2D eigenvalue weighted by atomic mass is 10.8. The van der Waals surface area contributed by atoms with E-state index < -0.39 is 5.63 Å². The molecule has 4 heteroatoms. The van der Waals surface area contributed by atoms with Crippen LogP contribution in [0, 0.1) is 0 Å². The Kier molecular flexibility index (Phi) is 2.75. The van der Waals surface area contributed by atoms with Gasteiger partial charge in [0.15, 0.2) is 0 Å². The molecule has 2 nitrogen and oxygen atoms in total. The standard InChI is InChI=1S/C2H3ClFNO/c3-2(4)1-5-6/h1-2,6H. The number of halogens is 2. The van der Waals surface area contributed by atoms with Crippen molar-refractivity contribution in [3.63, 3.8) is 0 Å². The molecule has 0 spiro atoms. The summed E-state index contributed by atoms with van der Waals surface area (Å²) in [5, 5.41) is 9.78. The van der Waals surface area contributed by atoms with Crippen LogP contribution in [0.25, 0.3) is 0 Å². The van der Waals surface area contributed by atoms with Crippen LogP contribution < -0.4 is 0 Å². The fourth-order valence-corrected chi connectivity index (χ4v) is 0.101. The van der Waals surface area contributed by atoms with E-state index in [1.165, 1.54) is 0 Å². The van der Waals surface area contributed by atoms with E-state index in [4.69, 9.17) is 5.21 Å². The van der Waals surface area contributed by atoms with Crippen LogP contribution in [0.15, 0.2) is 5.16 Å². The van der Waals surface area contributed by atoms with Crippen molar-refractivity contribution in [3.05, 3.63) is 0 Å². The molecule has 0 radical (unpaired) electrons. The first-order valence-electron chi connectivity index (χ1n) is 1.23. The van der Waals surface area contributed by atoms with Gasteiger partial charge >= 0.3 is 0 Å². The average Bonchev–Trinajstić information content (AvgIpc) is 1.35. The minimum atomic E-state index is -1.67. The van der Waals surface area contributed by atoms with Crippen LogP contribution in [0.2, 0.25) is 0 Å². The molecule has 0 heterocycles. The Morgan fingerprint density at radius 3 is 2.50 bits per heavy atom. The largest absolute Gasteiger partial charge is 0.411 e. The molecule has 0 aliphatic heterocycles. The molecule has 0 amide bonds. The number of nitrogens with zero attached hydrogens (tertiary/aromatic N) is 1. The fraction of sp³-hybridized carbons (Fsp3) is 0.500. The van der Waals surface area contributed by atoms with Gasteiger partial charge in [0.05, 0.1) is 6.21 Å². The molecule has 0 saturated carbocycles. The van der Waals surface area contributed by atoms with Gasteiger partial charge in [0.1, 0.15) is 0 Å². The molecule has 0 fully saturated rings. The average molecular weight is 112 g/mol. The Hall–Kier alpha value is -0.310. The number of alkyl halides is 2. The maximum absolute atomic E-state index is 11.2. The van der Waals surface area contributed by atoms with Crippen LogP contribution in [0.4, 0.5) is 4.39 Å². The number of hydrogen-bond donors (Lipinski definition) is 1. The molecule has 0 rings (SSSR count). The summed E-state index contributed by atoms with van der Waals surface area (Å²) in [4.78, 5) is 0. The van der Waals surface area contributed by atoms with Crippen molar-refractivity contribution in [3.8, 4) is 0 Å². The normalized spacial score (nSPS) is 15.7. The minimum Gasteiger partial charge on any atom is -0.411 e. The summed E-state index contributed by atoms with van der Waals surface area (Å²) in [6, 6.07) is 0. The highest BCUT2D eigenvalue weighted by atomic mass is 35.5. The van der Waals surface area contributed by atoms with Gasteiger partial charge in [-0.3, -0.25) is 0 Å². The molecule has 0 saturated heterocycles. The molecule has 6 heavy (non-hydrogen) atoms. The fourth-order valence-electron chi connectivity index (χ4n) is 0.0504. The predicted molar refractivity (Wildman–Crippen MR) is 21.0 cm³/mol. The summed E-state index contributed by atoms with van der Waals surface area (Å²) in [5.74, 6) is 0. The summed E-state index contributed by atoms with van der Waals surface area (Å²) < 4.78 is 11.2. The maximum Gasteiger partial charge on any atom is 0.211 e. The minimum absolute atomic E-state index is 0.571. The molecular formula is C2H3ClFNO. The van der Waals surface area contributed by atoms with Crippen LogP contribution in [-0.4, -0.2) is 17.1 Å². The second-order valence-electron chi connectivity index (χ2n) is 0.599. The van der Waals surface area contributed by atoms with E-state index in [0.29, 0.717) is 6.21 Å². The maximum atomic E-state index is 11.2. The van der Waals surface area contributed by atoms with Crippen molar-refractivity contribution < 1.29 is 9.60 Å². The van der Waals surface area contributed by atoms with Gasteiger partial charge in [0, 0.05) is 0 Å². The topological polar surface area (TPSA) is 32.6 Å². The molecule has 0 aliphatic carbocycles. The van der Waals surface area contributed by atoms with Gasteiger partial charge in [-0.1, -0.05) is 16.8 Å². The van der Waals surface area contributed by atoms with Crippen molar-refractivity contribution in [1.29, 1.82) is 0 Å². The Morgan fingerprint density at radius 1 is 2.00 bits per heavy atom. The van der Waals surface area contributed by atoms with Crippen molar-refractivity contribution >= 4 is 17.8 Å². The Bertz CT molecular complexity index is 55.5. The highest BCUT2D eigenvalue weighted by Crippen LogP contribution is 1.89. The van der Waals surface area contributed by atoms with Crippen LogP contribution in [0.3, 0.4) is 0 Å². The van der Waals surface area contributed by atoms with E-state index in [-0.39, 0.29) is 0 Å². The monoisotopic (exact) mass is 111 g/mol. The van der Waals surface area contributed by atoms with Crippen LogP contribution >= 0.6 is 11.6 Å². The lowest BCUT2D eigenvalue weighted by molar-refractivity contribution is 0.317. The Labute approximate surface area is 39.2 Å². The van der Waals surface area contributed by atoms with E-state index in [1.54, 1.807) is 0 Å². The predicted octanol–water partition coefficient (Wildman–Crippen LogP) is 0.981. The smallest absolute Gasteiger partial charge is 0.211 e. The number of rotatable bonds is 1. The second kappa shape index (κ2) is 2.90. The molecule has 1 unspecified atom stereocenters. The van der Waals surface area contributed by atoms with Gasteiger partial charge in [-0.25, -0.2) is 4.39 Å². The molecule has 0 aromatic rings. The van der Waals surface area contributed by atoms with Crippen LogP contribution in [0.1, 0.15) is 0 Å². The second-order valence-corrected chi connectivity index (χ2v) is 1.02. The molecule has 1 N–H and O–H groups in total. The van der Waals surface area contributed by atoms with Gasteiger partial charge in [-0.05, 0) is 0 Å². The summed E-state index contributed by atoms with van der Waals surface area (Å²) in [5.41, 5.74) is -1.67. The molecular weight excluding hydrogens is 108 g/mol. The first-order chi connectivity index (χ1) is 2.77. The van der Waals surface area contributed by atoms with Gasteiger partial charge < -0.3 is 5.21 Å². The zero-order valence-electron chi connectivity index (χ0n) is 2.81. The molecule has 1 atom stereocenters. The zero-order chi connectivity index (χ0) is 4.99. The van der Waals surface area contributed by atoms with E-state index >= 15 is 0 Å². The summed E-state index contributed by atoms with van der Waals surface area (Å²) in [6.07, 6.45) is 0.571.